The Labute approximate surface area is 131 Å². The Hall–Kier alpha value is -1.25. The summed E-state index contributed by atoms with van der Waals surface area (Å²) in [5.74, 6) is 0.885. The molecule has 0 radical (unpaired) electrons. The van der Waals surface area contributed by atoms with Crippen molar-refractivity contribution in [2.45, 2.75) is 37.2 Å². The van der Waals surface area contributed by atoms with Gasteiger partial charge in [-0.3, -0.25) is 0 Å². The number of alkyl halides is 1. The van der Waals surface area contributed by atoms with Crippen molar-refractivity contribution in [1.82, 2.24) is 0 Å². The molecule has 2 aromatic rings. The van der Waals surface area contributed by atoms with Crippen LogP contribution in [0, 0.1) is 0 Å². The molecular weight excluding hydrogens is 284 g/mol. The fourth-order valence-electron chi connectivity index (χ4n) is 2.94. The zero-order valence-electron chi connectivity index (χ0n) is 12.3. The molecule has 2 unspecified atom stereocenters. The second kappa shape index (κ2) is 6.67. The van der Waals surface area contributed by atoms with Crippen LogP contribution in [0.5, 0.6) is 5.75 Å². The molecule has 0 saturated carbocycles. The Bertz CT molecular complexity index is 605. The van der Waals surface area contributed by atoms with Crippen molar-refractivity contribution in [3.8, 4) is 5.75 Å². The molecule has 3 heteroatoms. The summed E-state index contributed by atoms with van der Waals surface area (Å²) >= 11 is 6.56. The van der Waals surface area contributed by atoms with Crippen molar-refractivity contribution in [2.24, 2.45) is 0 Å². The first kappa shape index (κ1) is 14.7. The van der Waals surface area contributed by atoms with Gasteiger partial charge in [0.05, 0.1) is 18.6 Å². The highest BCUT2D eigenvalue weighted by Crippen LogP contribution is 2.31. The third-order valence-electron chi connectivity index (χ3n) is 4.20. The van der Waals surface area contributed by atoms with Gasteiger partial charge in [-0.1, -0.05) is 18.2 Å². The minimum atomic E-state index is 0.0562. The maximum Gasteiger partial charge on any atom is 0.119 e. The van der Waals surface area contributed by atoms with Crippen molar-refractivity contribution in [3.05, 3.63) is 42.0 Å². The average molecular weight is 305 g/mol. The van der Waals surface area contributed by atoms with Crippen LogP contribution in [0.4, 0.5) is 0 Å². The lowest BCUT2D eigenvalue weighted by Crippen LogP contribution is -2.06. The van der Waals surface area contributed by atoms with Crippen LogP contribution in [-0.4, -0.2) is 19.8 Å². The number of halogens is 1. The molecule has 3 rings (SSSR count). The first-order chi connectivity index (χ1) is 10.3. The summed E-state index contributed by atoms with van der Waals surface area (Å²) in [6.45, 7) is 0.912. The van der Waals surface area contributed by atoms with E-state index in [1.54, 1.807) is 7.11 Å². The number of hydrogen-bond acceptors (Lipinski definition) is 2. The molecule has 0 bridgehead atoms. The molecule has 0 aromatic heterocycles. The Morgan fingerprint density at radius 3 is 2.81 bits per heavy atom. The smallest absolute Gasteiger partial charge is 0.119 e. The van der Waals surface area contributed by atoms with Crippen molar-refractivity contribution in [1.29, 1.82) is 0 Å². The maximum atomic E-state index is 6.56. The number of fused-ring (bicyclic) bond motifs is 1. The average Bonchev–Trinajstić information content (AvgIpc) is 3.05. The summed E-state index contributed by atoms with van der Waals surface area (Å²) in [6.07, 6.45) is 4.80. The van der Waals surface area contributed by atoms with Gasteiger partial charge in [0.2, 0.25) is 0 Å². The summed E-state index contributed by atoms with van der Waals surface area (Å²) in [6, 6.07) is 12.5. The molecule has 0 amide bonds. The highest BCUT2D eigenvalue weighted by atomic mass is 35.5. The standard InChI is InChI=1S/C18H21ClO2/c1-20-17-7-6-13-11-15(5-4-14(13)12-17)18(19)9-8-16-3-2-10-21-16/h4-7,11-12,16,18H,2-3,8-10H2,1H3. The van der Waals surface area contributed by atoms with E-state index in [2.05, 4.69) is 30.3 Å². The molecule has 2 aromatic carbocycles. The molecule has 2 atom stereocenters. The molecular formula is C18H21ClO2. The van der Waals surface area contributed by atoms with Gasteiger partial charge in [-0.2, -0.15) is 0 Å². The van der Waals surface area contributed by atoms with Crippen LogP contribution in [0.15, 0.2) is 36.4 Å². The van der Waals surface area contributed by atoms with Crippen LogP contribution < -0.4 is 4.74 Å². The number of benzene rings is 2. The van der Waals surface area contributed by atoms with Crippen LogP contribution in [0.3, 0.4) is 0 Å². The van der Waals surface area contributed by atoms with E-state index in [9.17, 15) is 0 Å². The van der Waals surface area contributed by atoms with E-state index in [0.717, 1.165) is 25.2 Å². The molecule has 112 valence electrons. The molecule has 1 heterocycles. The first-order valence-corrected chi connectivity index (χ1v) is 8.03. The second-order valence-corrected chi connectivity index (χ2v) is 6.18. The van der Waals surface area contributed by atoms with Gasteiger partial charge in [0.15, 0.2) is 0 Å². The molecule has 0 aliphatic carbocycles. The van der Waals surface area contributed by atoms with Gasteiger partial charge in [0.25, 0.3) is 0 Å². The Morgan fingerprint density at radius 2 is 2.05 bits per heavy atom. The largest absolute Gasteiger partial charge is 0.497 e. The number of methoxy groups -OCH3 is 1. The van der Waals surface area contributed by atoms with Gasteiger partial charge >= 0.3 is 0 Å². The Balaban J connectivity index is 1.70. The van der Waals surface area contributed by atoms with Crippen molar-refractivity contribution < 1.29 is 9.47 Å². The quantitative estimate of drug-likeness (QED) is 0.717. The number of rotatable bonds is 5. The summed E-state index contributed by atoms with van der Waals surface area (Å²) in [5.41, 5.74) is 1.19. The predicted molar refractivity (Wildman–Crippen MR) is 87.3 cm³/mol. The number of hydrogen-bond donors (Lipinski definition) is 0. The van der Waals surface area contributed by atoms with Crippen LogP contribution in [0.2, 0.25) is 0 Å². The monoisotopic (exact) mass is 304 g/mol. The number of ether oxygens (including phenoxy) is 2. The molecule has 1 aliphatic heterocycles. The molecule has 0 N–H and O–H groups in total. The van der Waals surface area contributed by atoms with E-state index in [0.29, 0.717) is 6.10 Å². The van der Waals surface area contributed by atoms with Gasteiger partial charge < -0.3 is 9.47 Å². The summed E-state index contributed by atoms with van der Waals surface area (Å²) < 4.78 is 10.9. The van der Waals surface area contributed by atoms with E-state index in [-0.39, 0.29) is 5.38 Å². The van der Waals surface area contributed by atoms with Crippen LogP contribution in [-0.2, 0) is 4.74 Å². The predicted octanol–water partition coefficient (Wildman–Crippen LogP) is 5.09. The van der Waals surface area contributed by atoms with Gasteiger partial charge in [0, 0.05) is 6.61 Å². The summed E-state index contributed by atoms with van der Waals surface area (Å²) in [4.78, 5) is 0. The van der Waals surface area contributed by atoms with Crippen LogP contribution in [0.25, 0.3) is 10.8 Å². The molecule has 21 heavy (non-hydrogen) atoms. The second-order valence-electron chi connectivity index (χ2n) is 5.65. The zero-order chi connectivity index (χ0) is 14.7. The lowest BCUT2D eigenvalue weighted by molar-refractivity contribution is 0.102. The highest BCUT2D eigenvalue weighted by molar-refractivity contribution is 6.20. The van der Waals surface area contributed by atoms with Gasteiger partial charge in [-0.05, 0) is 60.2 Å². The van der Waals surface area contributed by atoms with Crippen LogP contribution in [0.1, 0.15) is 36.6 Å². The van der Waals surface area contributed by atoms with Gasteiger partial charge in [-0.25, -0.2) is 0 Å². The van der Waals surface area contributed by atoms with E-state index in [4.69, 9.17) is 21.1 Å². The highest BCUT2D eigenvalue weighted by Gasteiger charge is 2.17. The molecule has 0 spiro atoms. The molecule has 1 saturated heterocycles. The van der Waals surface area contributed by atoms with E-state index >= 15 is 0 Å². The summed E-state index contributed by atoms with van der Waals surface area (Å²) in [5, 5.41) is 2.44. The lowest BCUT2D eigenvalue weighted by atomic mass is 10.0. The lowest BCUT2D eigenvalue weighted by Gasteiger charge is -2.14. The van der Waals surface area contributed by atoms with E-state index < -0.39 is 0 Å². The minimum absolute atomic E-state index is 0.0562. The van der Waals surface area contributed by atoms with Gasteiger partial charge in [0.1, 0.15) is 5.75 Å². The van der Waals surface area contributed by atoms with Crippen molar-refractivity contribution in [3.63, 3.8) is 0 Å². The molecule has 1 fully saturated rings. The van der Waals surface area contributed by atoms with Gasteiger partial charge in [-0.15, -0.1) is 11.6 Å². The Kier molecular flexibility index (Phi) is 4.67. The summed E-state index contributed by atoms with van der Waals surface area (Å²) in [7, 11) is 1.69. The normalized spacial score (nSPS) is 19.8. The van der Waals surface area contributed by atoms with Crippen LogP contribution >= 0.6 is 11.6 Å². The Morgan fingerprint density at radius 1 is 1.24 bits per heavy atom. The maximum absolute atomic E-state index is 6.56. The fraction of sp³-hybridized carbons (Fsp3) is 0.444. The zero-order valence-corrected chi connectivity index (χ0v) is 13.1. The minimum Gasteiger partial charge on any atom is -0.497 e. The third kappa shape index (κ3) is 3.50. The van der Waals surface area contributed by atoms with Crippen molar-refractivity contribution >= 4 is 22.4 Å². The van der Waals surface area contributed by atoms with E-state index in [1.165, 1.54) is 29.2 Å². The first-order valence-electron chi connectivity index (χ1n) is 7.59. The SMILES string of the molecule is COc1ccc2cc(C(Cl)CCC3CCCO3)ccc2c1. The molecule has 1 aliphatic rings. The fourth-order valence-corrected chi connectivity index (χ4v) is 3.20. The van der Waals surface area contributed by atoms with Crippen molar-refractivity contribution in [2.75, 3.05) is 13.7 Å². The third-order valence-corrected chi connectivity index (χ3v) is 4.67. The van der Waals surface area contributed by atoms with E-state index in [1.807, 2.05) is 6.07 Å². The topological polar surface area (TPSA) is 18.5 Å². The molecule has 2 nitrogen and oxygen atoms in total.